The van der Waals surface area contributed by atoms with Gasteiger partial charge in [-0.15, -0.1) is 0 Å². The third-order valence-corrected chi connectivity index (χ3v) is 3.19. The van der Waals surface area contributed by atoms with Gasteiger partial charge in [0.05, 0.1) is 5.56 Å². The lowest BCUT2D eigenvalue weighted by molar-refractivity contribution is 0.146. The van der Waals surface area contributed by atoms with Crippen LogP contribution in [0.3, 0.4) is 0 Å². The molecule has 0 fully saturated rings. The zero-order valence-electron chi connectivity index (χ0n) is 6.62. The van der Waals surface area contributed by atoms with E-state index in [2.05, 4.69) is 4.98 Å². The predicted molar refractivity (Wildman–Crippen MR) is 53.3 cm³/mol. The normalized spacial score (nSPS) is 12.1. The van der Waals surface area contributed by atoms with Gasteiger partial charge in [-0.1, -0.05) is 0 Å². The first-order chi connectivity index (χ1) is 6.34. The molecule has 8 heteroatoms. The highest BCUT2D eigenvalue weighted by molar-refractivity contribution is 14.1. The van der Waals surface area contributed by atoms with Gasteiger partial charge in [0.15, 0.2) is 5.03 Å². The number of primary sulfonamides is 1. The third kappa shape index (κ3) is 2.36. The summed E-state index contributed by atoms with van der Waals surface area (Å²) in [6, 6.07) is 1.29. The first-order valence-electron chi connectivity index (χ1n) is 3.29. The number of alkyl halides is 2. The lowest BCUT2D eigenvalue weighted by Gasteiger charge is -2.07. The summed E-state index contributed by atoms with van der Waals surface area (Å²) in [5.41, 5.74) is -0.643. The average molecular weight is 334 g/mol. The second-order valence-corrected chi connectivity index (χ2v) is 5.00. The molecule has 0 aliphatic heterocycles. The minimum atomic E-state index is -4.20. The van der Waals surface area contributed by atoms with Crippen molar-refractivity contribution in [3.63, 3.8) is 0 Å². The van der Waals surface area contributed by atoms with Crippen molar-refractivity contribution < 1.29 is 17.2 Å². The number of hydrogen-bond acceptors (Lipinski definition) is 3. The van der Waals surface area contributed by atoms with Gasteiger partial charge in [-0.3, -0.25) is 0 Å². The molecule has 0 bridgehead atoms. The van der Waals surface area contributed by atoms with Gasteiger partial charge in [0.2, 0.25) is 0 Å². The Morgan fingerprint density at radius 2 is 2.07 bits per heavy atom. The summed E-state index contributed by atoms with van der Waals surface area (Å²) in [7, 11) is -4.20. The summed E-state index contributed by atoms with van der Waals surface area (Å²) in [6.45, 7) is 0. The molecule has 0 aromatic carbocycles. The average Bonchev–Trinajstić information content (AvgIpc) is 2.01. The van der Waals surface area contributed by atoms with E-state index in [0.29, 0.717) is 0 Å². The van der Waals surface area contributed by atoms with Crippen molar-refractivity contribution in [2.45, 2.75) is 11.5 Å². The van der Waals surface area contributed by atoms with Crippen LogP contribution in [0, 0.1) is 3.57 Å². The number of rotatable bonds is 2. The maximum absolute atomic E-state index is 12.5. The highest BCUT2D eigenvalue weighted by atomic mass is 127. The van der Waals surface area contributed by atoms with E-state index >= 15 is 0 Å². The Morgan fingerprint density at radius 3 is 2.43 bits per heavy atom. The highest BCUT2D eigenvalue weighted by Gasteiger charge is 2.24. The van der Waals surface area contributed by atoms with Crippen LogP contribution < -0.4 is 5.14 Å². The molecule has 0 unspecified atom stereocenters. The molecule has 0 saturated heterocycles. The van der Waals surface area contributed by atoms with Crippen LogP contribution in [-0.2, 0) is 10.0 Å². The van der Waals surface area contributed by atoms with Gasteiger partial charge in [-0.2, -0.15) is 0 Å². The zero-order valence-corrected chi connectivity index (χ0v) is 9.59. The molecule has 1 aromatic heterocycles. The van der Waals surface area contributed by atoms with Crippen LogP contribution in [-0.4, -0.2) is 13.4 Å². The summed E-state index contributed by atoms with van der Waals surface area (Å²) < 4.78 is 46.8. The minimum absolute atomic E-state index is 0.122. The van der Waals surface area contributed by atoms with E-state index in [-0.39, 0.29) is 3.57 Å². The number of nitrogens with zero attached hydrogens (tertiary/aromatic N) is 1. The first kappa shape index (κ1) is 11.7. The Kier molecular flexibility index (Phi) is 3.37. The van der Waals surface area contributed by atoms with Crippen LogP contribution in [0.5, 0.6) is 0 Å². The first-order valence-corrected chi connectivity index (χ1v) is 5.92. The minimum Gasteiger partial charge on any atom is -0.243 e. The van der Waals surface area contributed by atoms with Crippen molar-refractivity contribution in [3.05, 3.63) is 21.4 Å². The molecule has 1 aromatic rings. The lowest BCUT2D eigenvalue weighted by Crippen LogP contribution is -2.17. The predicted octanol–water partition coefficient (Wildman–Crippen LogP) is 1.27. The summed E-state index contributed by atoms with van der Waals surface area (Å²) in [4.78, 5) is 3.33. The summed E-state index contributed by atoms with van der Waals surface area (Å²) in [5, 5.41) is 3.97. The zero-order chi connectivity index (χ0) is 10.9. The van der Waals surface area contributed by atoms with E-state index in [1.54, 1.807) is 22.6 Å². The molecule has 0 atom stereocenters. The van der Waals surface area contributed by atoms with Crippen LogP contribution in [0.1, 0.15) is 12.0 Å². The Balaban J connectivity index is 3.52. The fourth-order valence-electron chi connectivity index (χ4n) is 0.856. The number of sulfonamides is 1. The number of hydrogen-bond donors (Lipinski definition) is 1. The number of nitrogens with two attached hydrogens (primary N) is 1. The summed E-state index contributed by atoms with van der Waals surface area (Å²) in [5.74, 6) is 0. The highest BCUT2D eigenvalue weighted by Crippen LogP contribution is 2.28. The van der Waals surface area contributed by atoms with Crippen LogP contribution in [0.25, 0.3) is 0 Å². The fourth-order valence-corrected chi connectivity index (χ4v) is 2.40. The Labute approximate surface area is 92.7 Å². The maximum atomic E-state index is 12.5. The van der Waals surface area contributed by atoms with Crippen molar-refractivity contribution in [2.75, 3.05) is 0 Å². The molecule has 0 amide bonds. The quantitative estimate of drug-likeness (QED) is 0.828. The second-order valence-electron chi connectivity index (χ2n) is 2.36. The molecule has 0 aliphatic carbocycles. The van der Waals surface area contributed by atoms with Crippen LogP contribution >= 0.6 is 22.6 Å². The van der Waals surface area contributed by atoms with E-state index in [0.717, 1.165) is 6.20 Å². The third-order valence-electron chi connectivity index (χ3n) is 1.39. The molecular formula is C6H5F2IN2O2S. The molecule has 2 N–H and O–H groups in total. The van der Waals surface area contributed by atoms with Crippen molar-refractivity contribution >= 4 is 32.6 Å². The molecule has 0 radical (unpaired) electrons. The van der Waals surface area contributed by atoms with Gasteiger partial charge in [-0.25, -0.2) is 27.3 Å². The molecule has 0 saturated carbocycles. The monoisotopic (exact) mass is 334 g/mol. The SMILES string of the molecule is NS(=O)(=O)c1nccc(I)c1C(F)F. The van der Waals surface area contributed by atoms with Gasteiger partial charge in [0.25, 0.3) is 16.4 Å². The fraction of sp³-hybridized carbons (Fsp3) is 0.167. The lowest BCUT2D eigenvalue weighted by atomic mass is 10.3. The Morgan fingerprint density at radius 1 is 1.50 bits per heavy atom. The molecular weight excluding hydrogens is 329 g/mol. The van der Waals surface area contributed by atoms with Crippen molar-refractivity contribution in [3.8, 4) is 0 Å². The van der Waals surface area contributed by atoms with Crippen LogP contribution in [0.2, 0.25) is 0 Å². The molecule has 1 rings (SSSR count). The molecule has 14 heavy (non-hydrogen) atoms. The van der Waals surface area contributed by atoms with Gasteiger partial charge in [0, 0.05) is 9.77 Å². The summed E-state index contributed by atoms with van der Waals surface area (Å²) >= 11 is 1.60. The Hall–Kier alpha value is -0.350. The smallest absolute Gasteiger partial charge is 0.243 e. The summed E-state index contributed by atoms with van der Waals surface area (Å²) in [6.07, 6.45) is -1.79. The molecule has 0 aliphatic rings. The van der Waals surface area contributed by atoms with Gasteiger partial charge in [-0.05, 0) is 28.7 Å². The molecule has 1 heterocycles. The van der Waals surface area contributed by atoms with E-state index < -0.39 is 27.0 Å². The Bertz CT molecular complexity index is 449. The number of pyridine rings is 1. The standard InChI is InChI=1S/C6H5F2IN2O2S/c7-5(8)4-3(9)1-2-11-6(4)14(10,12)13/h1-2,5H,(H2,10,12,13). The largest absolute Gasteiger partial charge is 0.267 e. The van der Waals surface area contributed by atoms with E-state index in [1.165, 1.54) is 6.07 Å². The topological polar surface area (TPSA) is 73.1 Å². The van der Waals surface area contributed by atoms with E-state index in [9.17, 15) is 17.2 Å². The van der Waals surface area contributed by atoms with Gasteiger partial charge in [0.1, 0.15) is 0 Å². The number of aromatic nitrogens is 1. The number of halogens is 3. The maximum Gasteiger partial charge on any atom is 0.267 e. The van der Waals surface area contributed by atoms with Crippen molar-refractivity contribution in [1.29, 1.82) is 0 Å². The molecule has 0 spiro atoms. The van der Waals surface area contributed by atoms with Crippen molar-refractivity contribution in [1.82, 2.24) is 4.98 Å². The van der Waals surface area contributed by atoms with Crippen LogP contribution in [0.15, 0.2) is 17.3 Å². The van der Waals surface area contributed by atoms with Gasteiger partial charge >= 0.3 is 0 Å². The molecule has 78 valence electrons. The van der Waals surface area contributed by atoms with E-state index in [1.807, 2.05) is 0 Å². The molecule has 4 nitrogen and oxygen atoms in total. The second kappa shape index (κ2) is 4.03. The van der Waals surface area contributed by atoms with E-state index in [4.69, 9.17) is 5.14 Å². The van der Waals surface area contributed by atoms with Crippen LogP contribution in [0.4, 0.5) is 8.78 Å². The van der Waals surface area contributed by atoms with Gasteiger partial charge < -0.3 is 0 Å². The van der Waals surface area contributed by atoms with Crippen molar-refractivity contribution in [2.24, 2.45) is 5.14 Å².